The maximum absolute atomic E-state index is 14.3. The number of rotatable bonds is 4. The lowest BCUT2D eigenvalue weighted by Gasteiger charge is -2.38. The molecule has 0 heterocycles. The molecule has 1 aromatic rings. The minimum Gasteiger partial charge on any atom is -0.481 e. The number of carbonyl (C=O) groups is 1. The topological polar surface area (TPSA) is 106 Å². The number of carboxylic acids is 1. The molecule has 0 aliphatic heterocycles. The third-order valence-electron chi connectivity index (χ3n) is 3.95. The number of halogens is 1. The van der Waals surface area contributed by atoms with Crippen LogP contribution in [0.15, 0.2) is 21.9 Å². The lowest BCUT2D eigenvalue weighted by molar-refractivity contribution is -0.147. The Balaban J connectivity index is 2.84. The minimum absolute atomic E-state index is 0.0171. The summed E-state index contributed by atoms with van der Waals surface area (Å²) in [7, 11) is -8.16. The monoisotopic (exact) mass is 350 g/mol. The second kappa shape index (κ2) is 5.02. The first-order chi connectivity index (χ1) is 9.89. The van der Waals surface area contributed by atoms with Crippen LogP contribution in [0.1, 0.15) is 24.8 Å². The molecule has 0 spiro atoms. The fourth-order valence-corrected chi connectivity index (χ4v) is 5.16. The fourth-order valence-electron chi connectivity index (χ4n) is 2.64. The van der Waals surface area contributed by atoms with Crippen LogP contribution in [0.25, 0.3) is 0 Å². The van der Waals surface area contributed by atoms with Gasteiger partial charge in [-0.2, -0.15) is 0 Å². The van der Waals surface area contributed by atoms with Gasteiger partial charge in [0.1, 0.15) is 10.7 Å². The molecule has 1 aliphatic rings. The Labute approximate surface area is 127 Å². The molecule has 0 unspecified atom stereocenters. The van der Waals surface area contributed by atoms with Crippen LogP contribution in [0.4, 0.5) is 4.39 Å². The van der Waals surface area contributed by atoms with Gasteiger partial charge in [0.05, 0.1) is 10.3 Å². The van der Waals surface area contributed by atoms with Crippen LogP contribution in [0.2, 0.25) is 0 Å². The first-order valence-electron chi connectivity index (χ1n) is 6.37. The van der Waals surface area contributed by atoms with E-state index in [4.69, 9.17) is 0 Å². The van der Waals surface area contributed by atoms with E-state index < -0.39 is 46.7 Å². The van der Waals surface area contributed by atoms with Crippen LogP contribution in [-0.4, -0.2) is 40.4 Å². The maximum atomic E-state index is 14.3. The van der Waals surface area contributed by atoms with Crippen LogP contribution < -0.4 is 0 Å². The standard InChI is InChI=1S/C13H15FO6S2/c1-21(17,18)10-7-8(13(12(15)16)4-3-5-13)6-9(14)11(10)22(2,19)20/h6-7H,3-5H2,1-2H3,(H,15,16). The van der Waals surface area contributed by atoms with Gasteiger partial charge >= 0.3 is 5.97 Å². The number of hydrogen-bond donors (Lipinski definition) is 1. The molecular formula is C13H15FO6S2. The second-order valence-electron chi connectivity index (χ2n) is 5.57. The molecule has 0 radical (unpaired) electrons. The second-order valence-corrected chi connectivity index (χ2v) is 9.51. The van der Waals surface area contributed by atoms with E-state index in [-0.39, 0.29) is 18.4 Å². The van der Waals surface area contributed by atoms with Crippen molar-refractivity contribution in [1.29, 1.82) is 0 Å². The third kappa shape index (κ3) is 2.63. The molecule has 1 aromatic carbocycles. The van der Waals surface area contributed by atoms with Crippen molar-refractivity contribution in [1.82, 2.24) is 0 Å². The van der Waals surface area contributed by atoms with Gasteiger partial charge in [-0.15, -0.1) is 0 Å². The summed E-state index contributed by atoms with van der Waals surface area (Å²) in [5, 5.41) is 9.36. The summed E-state index contributed by atoms with van der Waals surface area (Å²) in [6, 6.07) is 1.79. The Morgan fingerprint density at radius 1 is 1.14 bits per heavy atom. The van der Waals surface area contributed by atoms with Crippen LogP contribution in [0.5, 0.6) is 0 Å². The average molecular weight is 350 g/mol. The number of benzene rings is 1. The molecule has 0 bridgehead atoms. The quantitative estimate of drug-likeness (QED) is 0.873. The lowest BCUT2D eigenvalue weighted by Crippen LogP contribution is -2.42. The zero-order valence-electron chi connectivity index (χ0n) is 12.0. The van der Waals surface area contributed by atoms with E-state index in [1.807, 2.05) is 0 Å². The largest absolute Gasteiger partial charge is 0.481 e. The Morgan fingerprint density at radius 3 is 2.00 bits per heavy atom. The molecule has 0 aromatic heterocycles. The smallest absolute Gasteiger partial charge is 0.314 e. The molecule has 22 heavy (non-hydrogen) atoms. The van der Waals surface area contributed by atoms with Crippen molar-refractivity contribution in [3.05, 3.63) is 23.5 Å². The van der Waals surface area contributed by atoms with Crippen LogP contribution in [-0.2, 0) is 29.9 Å². The molecule has 1 saturated carbocycles. The zero-order valence-corrected chi connectivity index (χ0v) is 13.6. The van der Waals surface area contributed by atoms with Crippen molar-refractivity contribution in [2.45, 2.75) is 34.5 Å². The molecule has 2 rings (SSSR count). The maximum Gasteiger partial charge on any atom is 0.314 e. The highest BCUT2D eigenvalue weighted by Gasteiger charge is 2.47. The average Bonchev–Trinajstić information content (AvgIpc) is 2.22. The Morgan fingerprint density at radius 2 is 1.68 bits per heavy atom. The van der Waals surface area contributed by atoms with Gasteiger partial charge in [-0.1, -0.05) is 6.42 Å². The number of carboxylic acid groups (broad SMARTS) is 1. The van der Waals surface area contributed by atoms with E-state index in [2.05, 4.69) is 0 Å². The molecule has 6 nitrogen and oxygen atoms in total. The minimum atomic E-state index is -4.12. The summed E-state index contributed by atoms with van der Waals surface area (Å²) in [5.41, 5.74) is -1.37. The van der Waals surface area contributed by atoms with Crippen molar-refractivity contribution in [3.8, 4) is 0 Å². The first-order valence-corrected chi connectivity index (χ1v) is 10.2. The molecule has 0 atom stereocenters. The summed E-state index contributed by atoms with van der Waals surface area (Å²) in [6.45, 7) is 0. The van der Waals surface area contributed by atoms with Gasteiger partial charge in [-0.05, 0) is 30.5 Å². The van der Waals surface area contributed by atoms with E-state index in [0.29, 0.717) is 12.7 Å². The molecule has 1 aliphatic carbocycles. The van der Waals surface area contributed by atoms with Gasteiger partial charge in [0.25, 0.3) is 0 Å². The predicted octanol–water partition coefficient (Wildman–Crippen LogP) is 1.14. The molecule has 122 valence electrons. The fraction of sp³-hybridized carbons (Fsp3) is 0.462. The zero-order chi connectivity index (χ0) is 16.9. The van der Waals surface area contributed by atoms with E-state index in [0.717, 1.165) is 18.4 Å². The summed E-state index contributed by atoms with van der Waals surface area (Å²) >= 11 is 0. The summed E-state index contributed by atoms with van der Waals surface area (Å²) < 4.78 is 61.3. The van der Waals surface area contributed by atoms with Crippen LogP contribution in [0.3, 0.4) is 0 Å². The van der Waals surface area contributed by atoms with Crippen molar-refractivity contribution < 1.29 is 31.1 Å². The van der Waals surface area contributed by atoms with E-state index in [1.54, 1.807) is 0 Å². The van der Waals surface area contributed by atoms with Crippen molar-refractivity contribution >= 4 is 25.6 Å². The van der Waals surface area contributed by atoms with E-state index in [9.17, 15) is 31.1 Å². The molecule has 0 amide bonds. The number of aliphatic carboxylic acids is 1. The van der Waals surface area contributed by atoms with Gasteiger partial charge < -0.3 is 5.11 Å². The van der Waals surface area contributed by atoms with Gasteiger partial charge in [-0.25, -0.2) is 21.2 Å². The summed E-state index contributed by atoms with van der Waals surface area (Å²) in [5.74, 6) is -2.42. The molecule has 1 N–H and O–H groups in total. The number of hydrogen-bond acceptors (Lipinski definition) is 5. The molecular weight excluding hydrogens is 335 g/mol. The highest BCUT2D eigenvalue weighted by atomic mass is 32.2. The van der Waals surface area contributed by atoms with E-state index in [1.165, 1.54) is 0 Å². The lowest BCUT2D eigenvalue weighted by atomic mass is 9.64. The van der Waals surface area contributed by atoms with Gasteiger partial charge in [0.15, 0.2) is 19.7 Å². The van der Waals surface area contributed by atoms with Crippen molar-refractivity contribution in [2.75, 3.05) is 12.5 Å². The summed E-state index contributed by atoms with van der Waals surface area (Å²) in [6.07, 6.45) is 2.59. The SMILES string of the molecule is CS(=O)(=O)c1cc(C2(C(=O)O)CCC2)cc(F)c1S(C)(=O)=O. The van der Waals surface area contributed by atoms with Gasteiger partial charge in [0.2, 0.25) is 0 Å². The van der Waals surface area contributed by atoms with Crippen LogP contribution in [0, 0.1) is 5.82 Å². The van der Waals surface area contributed by atoms with Crippen molar-refractivity contribution in [2.24, 2.45) is 0 Å². The van der Waals surface area contributed by atoms with E-state index >= 15 is 0 Å². The van der Waals surface area contributed by atoms with Crippen molar-refractivity contribution in [3.63, 3.8) is 0 Å². The highest BCUT2D eigenvalue weighted by Crippen LogP contribution is 2.45. The molecule has 1 fully saturated rings. The normalized spacial score (nSPS) is 17.8. The van der Waals surface area contributed by atoms with Gasteiger partial charge in [0, 0.05) is 12.5 Å². The third-order valence-corrected chi connectivity index (χ3v) is 6.36. The first kappa shape index (κ1) is 16.9. The highest BCUT2D eigenvalue weighted by molar-refractivity contribution is 7.93. The molecule has 9 heteroatoms. The Kier molecular flexibility index (Phi) is 3.85. The molecule has 0 saturated heterocycles. The Bertz CT molecular complexity index is 851. The van der Waals surface area contributed by atoms with Gasteiger partial charge in [-0.3, -0.25) is 4.79 Å². The van der Waals surface area contributed by atoms with Crippen LogP contribution >= 0.6 is 0 Å². The number of sulfone groups is 2. The Hall–Kier alpha value is -1.48. The summed E-state index contributed by atoms with van der Waals surface area (Å²) in [4.78, 5) is 9.85. The predicted molar refractivity (Wildman–Crippen MR) is 75.8 cm³/mol.